The number of nitrogens with zero attached hydrogens (tertiary/aromatic N) is 4. The molecule has 0 aliphatic rings. The predicted molar refractivity (Wildman–Crippen MR) is 107 cm³/mol. The van der Waals surface area contributed by atoms with Gasteiger partial charge in [0.15, 0.2) is 0 Å². The number of rotatable bonds is 2. The number of aromatic nitrogens is 3. The lowest BCUT2D eigenvalue weighted by Crippen LogP contribution is -2.13. The van der Waals surface area contributed by atoms with E-state index in [2.05, 4.69) is 32.0 Å². The van der Waals surface area contributed by atoms with Crippen LogP contribution in [0.4, 0.5) is 5.95 Å². The number of pyridine rings is 1. The molecule has 6 heteroatoms. The minimum Gasteiger partial charge on any atom is -0.369 e. The minimum atomic E-state index is -0.539. The molecule has 2 N–H and O–H groups in total. The monoisotopic (exact) mass is 405 g/mol. The lowest BCUT2D eigenvalue weighted by Gasteiger charge is -2.16. The third kappa shape index (κ3) is 2.52. The molecule has 0 saturated carbocycles. The molecule has 0 bridgehead atoms. The fourth-order valence-electron chi connectivity index (χ4n) is 3.10. The van der Waals surface area contributed by atoms with Crippen LogP contribution in [0.1, 0.15) is 19.4 Å². The van der Waals surface area contributed by atoms with E-state index >= 15 is 0 Å². The van der Waals surface area contributed by atoms with Crippen molar-refractivity contribution in [2.45, 2.75) is 19.3 Å². The van der Waals surface area contributed by atoms with Crippen LogP contribution in [0.15, 0.2) is 53.1 Å². The highest BCUT2D eigenvalue weighted by molar-refractivity contribution is 9.10. The standard InChI is InChI=1S/C20H16BrN5/c1-20(2,11-22)12-3-6-14(7-4-12)26-18-15-9-13(21)5-8-16(15)24-10-17(18)25-19(26)23/h3-10H,1-2H3,(H2,23,25). The maximum Gasteiger partial charge on any atom is 0.206 e. The third-order valence-electron chi connectivity index (χ3n) is 4.60. The minimum absolute atomic E-state index is 0.404. The summed E-state index contributed by atoms with van der Waals surface area (Å²) in [5, 5.41) is 10.3. The molecule has 4 rings (SSSR count). The van der Waals surface area contributed by atoms with E-state index in [-0.39, 0.29) is 0 Å². The molecule has 128 valence electrons. The number of benzene rings is 2. The fourth-order valence-corrected chi connectivity index (χ4v) is 3.46. The average molecular weight is 406 g/mol. The molecular formula is C20H16BrN5. The van der Waals surface area contributed by atoms with Gasteiger partial charge in [-0.3, -0.25) is 9.55 Å². The number of hydrogen-bond acceptors (Lipinski definition) is 4. The second kappa shape index (κ2) is 5.82. The quantitative estimate of drug-likeness (QED) is 0.522. The summed E-state index contributed by atoms with van der Waals surface area (Å²) >= 11 is 3.53. The number of anilines is 1. The molecule has 2 aromatic heterocycles. The van der Waals surface area contributed by atoms with Gasteiger partial charge in [-0.1, -0.05) is 28.1 Å². The molecule has 5 nitrogen and oxygen atoms in total. The van der Waals surface area contributed by atoms with Crippen molar-refractivity contribution in [1.29, 1.82) is 5.26 Å². The van der Waals surface area contributed by atoms with Crippen LogP contribution in [0.25, 0.3) is 27.6 Å². The Hall–Kier alpha value is -2.91. The number of fused-ring (bicyclic) bond motifs is 3. The van der Waals surface area contributed by atoms with Gasteiger partial charge in [0.2, 0.25) is 5.95 Å². The molecule has 2 heterocycles. The van der Waals surface area contributed by atoms with Crippen molar-refractivity contribution in [2.24, 2.45) is 0 Å². The second-order valence-electron chi connectivity index (χ2n) is 6.74. The number of nitriles is 1. The van der Waals surface area contributed by atoms with Gasteiger partial charge in [-0.15, -0.1) is 0 Å². The Balaban J connectivity index is 1.98. The van der Waals surface area contributed by atoms with Crippen LogP contribution >= 0.6 is 15.9 Å². The molecule has 2 aromatic carbocycles. The van der Waals surface area contributed by atoms with Gasteiger partial charge in [0.05, 0.1) is 28.7 Å². The highest BCUT2D eigenvalue weighted by Gasteiger charge is 2.20. The number of halogens is 1. The van der Waals surface area contributed by atoms with E-state index in [4.69, 9.17) is 5.73 Å². The first kappa shape index (κ1) is 16.6. The van der Waals surface area contributed by atoms with Gasteiger partial charge in [-0.25, -0.2) is 4.98 Å². The molecule has 0 saturated heterocycles. The number of nitrogens with two attached hydrogens (primary N) is 1. The summed E-state index contributed by atoms with van der Waals surface area (Å²) in [7, 11) is 0. The van der Waals surface area contributed by atoms with Crippen LogP contribution in [-0.2, 0) is 5.41 Å². The van der Waals surface area contributed by atoms with Crippen molar-refractivity contribution in [3.63, 3.8) is 0 Å². The zero-order valence-electron chi connectivity index (χ0n) is 14.4. The topological polar surface area (TPSA) is 80.5 Å². The van der Waals surface area contributed by atoms with Crippen LogP contribution in [0.3, 0.4) is 0 Å². The molecule has 0 fully saturated rings. The molecule has 0 aliphatic carbocycles. The summed E-state index contributed by atoms with van der Waals surface area (Å²) in [6.07, 6.45) is 1.74. The van der Waals surface area contributed by atoms with E-state index in [0.717, 1.165) is 37.7 Å². The lowest BCUT2D eigenvalue weighted by atomic mass is 9.86. The molecule has 4 aromatic rings. The fraction of sp³-hybridized carbons (Fsp3) is 0.150. The van der Waals surface area contributed by atoms with Crippen LogP contribution in [0.2, 0.25) is 0 Å². The summed E-state index contributed by atoms with van der Waals surface area (Å²) in [6, 6.07) is 16.1. The van der Waals surface area contributed by atoms with Gasteiger partial charge in [0, 0.05) is 15.5 Å². The predicted octanol–water partition coefficient (Wildman–Crippen LogP) is 4.72. The van der Waals surface area contributed by atoms with Crippen molar-refractivity contribution in [2.75, 3.05) is 5.73 Å². The maximum atomic E-state index is 9.33. The number of imidazole rings is 1. The SMILES string of the molecule is CC(C)(C#N)c1ccc(-n2c(N)nc3cnc4ccc(Br)cc4c32)cc1. The Morgan fingerprint density at radius 2 is 1.85 bits per heavy atom. The van der Waals surface area contributed by atoms with Gasteiger partial charge in [-0.05, 0) is 49.7 Å². The summed E-state index contributed by atoms with van der Waals surface area (Å²) in [6.45, 7) is 3.80. The van der Waals surface area contributed by atoms with E-state index in [1.807, 2.05) is 60.9 Å². The van der Waals surface area contributed by atoms with Crippen LogP contribution in [0.5, 0.6) is 0 Å². The van der Waals surface area contributed by atoms with Crippen molar-refractivity contribution in [1.82, 2.24) is 14.5 Å². The van der Waals surface area contributed by atoms with Crippen LogP contribution in [0, 0.1) is 11.3 Å². The number of nitrogen functional groups attached to an aromatic ring is 1. The third-order valence-corrected chi connectivity index (χ3v) is 5.09. The van der Waals surface area contributed by atoms with Crippen molar-refractivity contribution < 1.29 is 0 Å². The van der Waals surface area contributed by atoms with E-state index in [9.17, 15) is 5.26 Å². The summed E-state index contributed by atoms with van der Waals surface area (Å²) in [4.78, 5) is 8.94. The van der Waals surface area contributed by atoms with Gasteiger partial charge < -0.3 is 5.73 Å². The first-order valence-corrected chi connectivity index (χ1v) is 8.94. The van der Waals surface area contributed by atoms with Gasteiger partial charge in [0.1, 0.15) is 5.52 Å². The summed E-state index contributed by atoms with van der Waals surface area (Å²) in [5.74, 6) is 0.404. The molecule has 26 heavy (non-hydrogen) atoms. The Kier molecular flexibility index (Phi) is 3.70. The Morgan fingerprint density at radius 3 is 2.54 bits per heavy atom. The summed E-state index contributed by atoms with van der Waals surface area (Å²) < 4.78 is 2.89. The first-order valence-electron chi connectivity index (χ1n) is 8.15. The maximum absolute atomic E-state index is 9.33. The normalized spacial score (nSPS) is 11.8. The Labute approximate surface area is 159 Å². The zero-order valence-corrected chi connectivity index (χ0v) is 15.9. The van der Waals surface area contributed by atoms with Crippen molar-refractivity contribution in [3.8, 4) is 11.8 Å². The van der Waals surface area contributed by atoms with E-state index in [1.54, 1.807) is 6.20 Å². The average Bonchev–Trinajstić information content (AvgIpc) is 2.98. The zero-order chi connectivity index (χ0) is 18.5. The summed E-state index contributed by atoms with van der Waals surface area (Å²) in [5.41, 5.74) is 10.1. The van der Waals surface area contributed by atoms with E-state index in [1.165, 1.54) is 0 Å². The van der Waals surface area contributed by atoms with Gasteiger partial charge in [0.25, 0.3) is 0 Å². The molecule has 0 amide bonds. The smallest absolute Gasteiger partial charge is 0.206 e. The molecule has 0 radical (unpaired) electrons. The molecule has 0 atom stereocenters. The lowest BCUT2D eigenvalue weighted by molar-refractivity contribution is 0.686. The highest BCUT2D eigenvalue weighted by atomic mass is 79.9. The van der Waals surface area contributed by atoms with Crippen LogP contribution in [-0.4, -0.2) is 14.5 Å². The molecule has 0 spiro atoms. The van der Waals surface area contributed by atoms with Crippen molar-refractivity contribution in [3.05, 3.63) is 58.7 Å². The number of hydrogen-bond donors (Lipinski definition) is 1. The molecule has 0 aliphatic heterocycles. The first-order chi connectivity index (χ1) is 12.4. The Bertz CT molecular complexity index is 1180. The van der Waals surface area contributed by atoms with E-state index < -0.39 is 5.41 Å². The van der Waals surface area contributed by atoms with Gasteiger partial charge >= 0.3 is 0 Å². The molecular weight excluding hydrogens is 390 g/mol. The second-order valence-corrected chi connectivity index (χ2v) is 7.66. The largest absolute Gasteiger partial charge is 0.369 e. The van der Waals surface area contributed by atoms with Gasteiger partial charge in [-0.2, -0.15) is 5.26 Å². The highest BCUT2D eigenvalue weighted by Crippen LogP contribution is 2.31. The van der Waals surface area contributed by atoms with Crippen molar-refractivity contribution >= 4 is 43.8 Å². The Morgan fingerprint density at radius 1 is 1.12 bits per heavy atom. The van der Waals surface area contributed by atoms with E-state index in [0.29, 0.717) is 5.95 Å². The molecule has 0 unspecified atom stereocenters. The van der Waals surface area contributed by atoms with Crippen LogP contribution < -0.4 is 5.73 Å².